The van der Waals surface area contributed by atoms with E-state index >= 15 is 0 Å². The summed E-state index contributed by atoms with van der Waals surface area (Å²) in [6, 6.07) is 5.10. The molecule has 0 amide bonds. The fraction of sp³-hybridized carbons (Fsp3) is 0.200. The van der Waals surface area contributed by atoms with E-state index in [1.165, 1.54) is 17.0 Å². The lowest BCUT2D eigenvalue weighted by Crippen LogP contribution is -2.05. The lowest BCUT2D eigenvalue weighted by molar-refractivity contribution is -0.137. The molecule has 1 heterocycles. The van der Waals surface area contributed by atoms with Crippen LogP contribution in [-0.2, 0) is 6.18 Å². The molecule has 0 aliphatic carbocycles. The van der Waals surface area contributed by atoms with Crippen LogP contribution in [0.5, 0.6) is 0 Å². The maximum atomic E-state index is 13.6. The van der Waals surface area contributed by atoms with Gasteiger partial charge in [-0.2, -0.15) is 13.2 Å². The molecule has 1 fully saturated rings. The zero-order chi connectivity index (χ0) is 16.1. The second-order valence-corrected chi connectivity index (χ2v) is 5.01. The minimum Gasteiger partial charge on any atom is -0.356 e. The van der Waals surface area contributed by atoms with Gasteiger partial charge < -0.3 is 4.90 Å². The summed E-state index contributed by atoms with van der Waals surface area (Å²) < 4.78 is 77.6. The molecule has 3 rings (SSSR count). The Labute approximate surface area is 121 Å². The van der Waals surface area contributed by atoms with Crippen molar-refractivity contribution in [2.45, 2.75) is 12.2 Å². The molecule has 0 bridgehead atoms. The fourth-order valence-corrected chi connectivity index (χ4v) is 2.37. The number of rotatable bonds is 2. The molecule has 0 spiro atoms. The molecule has 1 atom stereocenters. The molecule has 0 N–H and O–H groups in total. The van der Waals surface area contributed by atoms with E-state index in [0.717, 1.165) is 12.1 Å². The van der Waals surface area contributed by atoms with Crippen LogP contribution >= 0.6 is 0 Å². The summed E-state index contributed by atoms with van der Waals surface area (Å²) >= 11 is 0. The predicted octanol–water partition coefficient (Wildman–Crippen LogP) is 4.68. The topological polar surface area (TPSA) is 3.01 Å². The van der Waals surface area contributed by atoms with Gasteiger partial charge in [0.25, 0.3) is 0 Å². The van der Waals surface area contributed by atoms with E-state index in [-0.39, 0.29) is 12.2 Å². The molecule has 0 saturated carbocycles. The van der Waals surface area contributed by atoms with Gasteiger partial charge >= 0.3 is 6.18 Å². The predicted molar refractivity (Wildman–Crippen MR) is 67.8 cm³/mol. The molecule has 1 saturated heterocycles. The first-order valence-electron chi connectivity index (χ1n) is 6.35. The molecule has 1 nitrogen and oxygen atoms in total. The first kappa shape index (κ1) is 14.7. The van der Waals surface area contributed by atoms with Gasteiger partial charge in [0.1, 0.15) is 11.5 Å². The van der Waals surface area contributed by atoms with Crippen molar-refractivity contribution in [3.63, 3.8) is 0 Å². The van der Waals surface area contributed by atoms with Crippen LogP contribution in [0.15, 0.2) is 36.4 Å². The number of hydrogen-bond acceptors (Lipinski definition) is 1. The second kappa shape index (κ2) is 4.93. The highest BCUT2D eigenvalue weighted by Gasteiger charge is 2.39. The molecule has 1 aliphatic rings. The van der Waals surface area contributed by atoms with Crippen LogP contribution in [0, 0.1) is 17.5 Å². The molecule has 0 unspecified atom stereocenters. The molecular weight excluding hydrogens is 308 g/mol. The lowest BCUT2D eigenvalue weighted by atomic mass is 10.1. The zero-order valence-corrected chi connectivity index (χ0v) is 11.0. The van der Waals surface area contributed by atoms with E-state index in [1.807, 2.05) is 0 Å². The fourth-order valence-electron chi connectivity index (χ4n) is 2.37. The van der Waals surface area contributed by atoms with Gasteiger partial charge in [0.05, 0.1) is 11.6 Å². The highest BCUT2D eigenvalue weighted by molar-refractivity contribution is 5.58. The third kappa shape index (κ3) is 2.63. The van der Waals surface area contributed by atoms with E-state index in [2.05, 4.69) is 0 Å². The average molecular weight is 317 g/mol. The molecule has 0 aromatic heterocycles. The van der Waals surface area contributed by atoms with Crippen LogP contribution in [0.3, 0.4) is 0 Å². The van der Waals surface area contributed by atoms with Gasteiger partial charge in [-0.25, -0.2) is 13.2 Å². The maximum Gasteiger partial charge on any atom is 0.416 e. The molecule has 7 heteroatoms. The minimum absolute atomic E-state index is 0.255. The van der Waals surface area contributed by atoms with Crippen LogP contribution in [0.2, 0.25) is 0 Å². The van der Waals surface area contributed by atoms with Crippen molar-refractivity contribution in [1.82, 2.24) is 0 Å². The summed E-state index contributed by atoms with van der Waals surface area (Å²) in [6.45, 7) is 0.255. The number of hydrogen-bond donors (Lipinski definition) is 0. The quantitative estimate of drug-likeness (QED) is 0.574. The normalized spacial score (nSPS) is 17.7. The Hall–Kier alpha value is -2.18. The van der Waals surface area contributed by atoms with Crippen molar-refractivity contribution >= 4 is 5.69 Å². The van der Waals surface area contributed by atoms with Gasteiger partial charge in [-0.1, -0.05) is 12.1 Å². The van der Waals surface area contributed by atoms with Crippen LogP contribution in [0.25, 0.3) is 0 Å². The number of anilines is 1. The van der Waals surface area contributed by atoms with E-state index in [4.69, 9.17) is 0 Å². The summed E-state index contributed by atoms with van der Waals surface area (Å²) in [5.41, 5.74) is -0.648. The Morgan fingerprint density at radius 2 is 1.45 bits per heavy atom. The van der Waals surface area contributed by atoms with Gasteiger partial charge in [0, 0.05) is 18.7 Å². The Balaban J connectivity index is 1.83. The summed E-state index contributed by atoms with van der Waals surface area (Å²) in [6.07, 6.45) is -4.43. The van der Waals surface area contributed by atoms with Crippen LogP contribution in [0.4, 0.5) is 32.0 Å². The Kier molecular flexibility index (Phi) is 3.30. The highest BCUT2D eigenvalue weighted by atomic mass is 19.4. The Bertz CT molecular complexity index is 684. The molecule has 1 aliphatic heterocycles. The third-order valence-electron chi connectivity index (χ3n) is 3.50. The van der Waals surface area contributed by atoms with Crippen molar-refractivity contribution in [2.24, 2.45) is 0 Å². The van der Waals surface area contributed by atoms with E-state index < -0.39 is 35.2 Å². The Morgan fingerprint density at radius 3 is 1.95 bits per heavy atom. The van der Waals surface area contributed by atoms with Crippen molar-refractivity contribution in [2.75, 3.05) is 11.4 Å². The maximum absolute atomic E-state index is 13.6. The molecule has 116 valence electrons. The van der Waals surface area contributed by atoms with E-state index in [0.29, 0.717) is 17.7 Å². The molecule has 2 aromatic carbocycles. The molecule has 0 radical (unpaired) electrons. The first-order valence-corrected chi connectivity index (χ1v) is 6.35. The Morgan fingerprint density at radius 1 is 0.909 bits per heavy atom. The SMILES string of the molecule is Fc1cc(F)c(N2C[C@@H]2c2ccc(C(F)(F)F)cc2)c(F)c1. The van der Waals surface area contributed by atoms with Crippen molar-refractivity contribution in [3.05, 3.63) is 65.0 Å². The first-order chi connectivity index (χ1) is 10.3. The van der Waals surface area contributed by atoms with Crippen LogP contribution in [0.1, 0.15) is 17.2 Å². The van der Waals surface area contributed by atoms with Gasteiger partial charge in [-0.05, 0) is 17.7 Å². The number of halogens is 6. The van der Waals surface area contributed by atoms with Crippen LogP contribution < -0.4 is 4.90 Å². The standard InChI is InChI=1S/C15H9F6N/c16-10-5-11(17)14(12(18)6-10)22-7-13(22)8-1-3-9(4-2-8)15(19,20)21/h1-6,13H,7H2/t13-,22?/m1/s1. The summed E-state index contributed by atoms with van der Waals surface area (Å²) in [7, 11) is 0. The molecule has 22 heavy (non-hydrogen) atoms. The minimum atomic E-state index is -4.43. The summed E-state index contributed by atoms with van der Waals surface area (Å²) in [5.74, 6) is -3.09. The van der Waals surface area contributed by atoms with Crippen LogP contribution in [-0.4, -0.2) is 6.54 Å². The van der Waals surface area contributed by atoms with E-state index in [1.54, 1.807) is 0 Å². The zero-order valence-electron chi connectivity index (χ0n) is 11.0. The van der Waals surface area contributed by atoms with Crippen molar-refractivity contribution < 1.29 is 26.3 Å². The summed E-state index contributed by atoms with van der Waals surface area (Å²) in [5, 5.41) is 0. The lowest BCUT2D eigenvalue weighted by Gasteiger charge is -2.10. The van der Waals surface area contributed by atoms with E-state index in [9.17, 15) is 26.3 Å². The molecule has 2 aromatic rings. The smallest absolute Gasteiger partial charge is 0.356 e. The van der Waals surface area contributed by atoms with Gasteiger partial charge in [0.15, 0.2) is 11.6 Å². The van der Waals surface area contributed by atoms with Crippen molar-refractivity contribution in [1.29, 1.82) is 0 Å². The van der Waals surface area contributed by atoms with Crippen molar-refractivity contribution in [3.8, 4) is 0 Å². The van der Waals surface area contributed by atoms with Gasteiger partial charge in [0.2, 0.25) is 0 Å². The van der Waals surface area contributed by atoms with Gasteiger partial charge in [-0.3, -0.25) is 0 Å². The second-order valence-electron chi connectivity index (χ2n) is 5.01. The number of nitrogens with zero attached hydrogens (tertiary/aromatic N) is 1. The number of benzene rings is 2. The molecular formula is C15H9F6N. The third-order valence-corrected chi connectivity index (χ3v) is 3.50. The largest absolute Gasteiger partial charge is 0.416 e. The summed E-state index contributed by atoms with van der Waals surface area (Å²) in [4.78, 5) is 1.33. The van der Waals surface area contributed by atoms with Gasteiger partial charge in [-0.15, -0.1) is 0 Å². The average Bonchev–Trinajstić information content (AvgIpc) is 3.17. The highest BCUT2D eigenvalue weighted by Crippen LogP contribution is 2.43. The monoisotopic (exact) mass is 317 g/mol. The number of alkyl halides is 3.